The molecule has 0 saturated carbocycles. The quantitative estimate of drug-likeness (QED) is 0.406. The number of urea groups is 1. The van der Waals surface area contributed by atoms with Crippen LogP contribution in [0.15, 0.2) is 59.2 Å². The summed E-state index contributed by atoms with van der Waals surface area (Å²) in [4.78, 5) is 29.9. The highest BCUT2D eigenvalue weighted by Gasteiger charge is 2.27. The maximum atomic E-state index is 13.6. The molecule has 1 fully saturated rings. The summed E-state index contributed by atoms with van der Waals surface area (Å²) in [5.74, 6) is 0.996. The first-order valence-corrected chi connectivity index (χ1v) is 12.6. The van der Waals surface area contributed by atoms with Crippen LogP contribution >= 0.6 is 11.6 Å². The fourth-order valence-electron chi connectivity index (χ4n) is 4.38. The smallest absolute Gasteiger partial charge is 0.322 e. The van der Waals surface area contributed by atoms with Gasteiger partial charge in [0.05, 0.1) is 23.9 Å². The molecule has 0 bridgehead atoms. The van der Waals surface area contributed by atoms with Crippen molar-refractivity contribution >= 4 is 29.2 Å². The Kier molecular flexibility index (Phi) is 8.00. The van der Waals surface area contributed by atoms with Crippen molar-refractivity contribution in [2.24, 2.45) is 0 Å². The number of benzene rings is 2. The number of ether oxygens (including phenoxy) is 3. The van der Waals surface area contributed by atoms with E-state index in [2.05, 4.69) is 5.32 Å². The summed E-state index contributed by atoms with van der Waals surface area (Å²) in [6.07, 6.45) is 3.03. The molecule has 1 aromatic heterocycles. The fraction of sp³-hybridized carbons (Fsp3) is 0.333. The standard InChI is InChI=1S/C27H27ClFN3O6/c28-22-12-19(6-7-23(22)29)30-27(34)32(15-21-4-2-10-36-21)16-26(33)31(14-20-3-1-9-35-20)13-18-5-8-24-25(11-18)38-17-37-24/h1,3,5-9,11-12,21H,2,4,10,13-17H2,(H,30,34). The van der Waals surface area contributed by atoms with Gasteiger partial charge in [-0.05, 0) is 60.9 Å². The van der Waals surface area contributed by atoms with Gasteiger partial charge >= 0.3 is 6.03 Å². The van der Waals surface area contributed by atoms with Gasteiger partial charge in [-0.3, -0.25) is 4.79 Å². The Labute approximate surface area is 224 Å². The molecular formula is C27H27ClFN3O6. The third-order valence-corrected chi connectivity index (χ3v) is 6.61. The first-order chi connectivity index (χ1) is 18.4. The highest BCUT2D eigenvalue weighted by atomic mass is 35.5. The third-order valence-electron chi connectivity index (χ3n) is 6.32. The second-order valence-electron chi connectivity index (χ2n) is 9.09. The summed E-state index contributed by atoms with van der Waals surface area (Å²) in [5.41, 5.74) is 1.16. The van der Waals surface area contributed by atoms with E-state index in [0.29, 0.717) is 29.6 Å². The number of amides is 3. The van der Waals surface area contributed by atoms with Crippen molar-refractivity contribution in [3.8, 4) is 11.5 Å². The molecule has 11 heteroatoms. The first-order valence-electron chi connectivity index (χ1n) is 12.3. The molecule has 3 aromatic rings. The zero-order chi connectivity index (χ0) is 26.5. The maximum absolute atomic E-state index is 13.6. The van der Waals surface area contributed by atoms with E-state index in [4.69, 9.17) is 30.2 Å². The normalized spacial score (nSPS) is 15.9. The van der Waals surface area contributed by atoms with Crippen LogP contribution < -0.4 is 14.8 Å². The minimum Gasteiger partial charge on any atom is -0.467 e. The highest BCUT2D eigenvalue weighted by Crippen LogP contribution is 2.33. The van der Waals surface area contributed by atoms with Crippen LogP contribution in [-0.2, 0) is 22.6 Å². The summed E-state index contributed by atoms with van der Waals surface area (Å²) in [7, 11) is 0. The van der Waals surface area contributed by atoms with Crippen LogP contribution in [0.25, 0.3) is 0 Å². The number of hydrogen-bond donors (Lipinski definition) is 1. The molecule has 3 amide bonds. The lowest BCUT2D eigenvalue weighted by atomic mass is 10.1. The van der Waals surface area contributed by atoms with Gasteiger partial charge in [0, 0.05) is 25.4 Å². The summed E-state index contributed by atoms with van der Waals surface area (Å²) in [6.45, 7) is 1.26. The minimum atomic E-state index is -0.590. The van der Waals surface area contributed by atoms with Gasteiger partial charge in [0.25, 0.3) is 0 Å². The van der Waals surface area contributed by atoms with Gasteiger partial charge < -0.3 is 33.7 Å². The van der Waals surface area contributed by atoms with Crippen molar-refractivity contribution in [2.75, 3.05) is 31.8 Å². The predicted molar refractivity (Wildman–Crippen MR) is 137 cm³/mol. The molecule has 2 aromatic carbocycles. The van der Waals surface area contributed by atoms with Crippen LogP contribution in [0.2, 0.25) is 5.02 Å². The van der Waals surface area contributed by atoms with Crippen molar-refractivity contribution in [3.63, 3.8) is 0 Å². The van der Waals surface area contributed by atoms with E-state index < -0.39 is 11.8 Å². The number of halogens is 2. The van der Waals surface area contributed by atoms with Crippen molar-refractivity contribution < 1.29 is 32.6 Å². The lowest BCUT2D eigenvalue weighted by Gasteiger charge is -2.29. The molecular weight excluding hydrogens is 517 g/mol. The lowest BCUT2D eigenvalue weighted by molar-refractivity contribution is -0.133. The number of carbonyl (C=O) groups excluding carboxylic acids is 2. The second-order valence-corrected chi connectivity index (χ2v) is 9.50. The van der Waals surface area contributed by atoms with Crippen LogP contribution in [0.4, 0.5) is 14.9 Å². The van der Waals surface area contributed by atoms with E-state index in [0.717, 1.165) is 18.4 Å². The Hall–Kier alpha value is -3.76. The monoisotopic (exact) mass is 543 g/mol. The lowest BCUT2D eigenvalue weighted by Crippen LogP contribution is -2.46. The predicted octanol–water partition coefficient (Wildman–Crippen LogP) is 5.04. The van der Waals surface area contributed by atoms with Crippen LogP contribution in [-0.4, -0.2) is 54.3 Å². The van der Waals surface area contributed by atoms with Gasteiger partial charge in [-0.15, -0.1) is 0 Å². The zero-order valence-corrected chi connectivity index (χ0v) is 21.3. The molecule has 1 N–H and O–H groups in total. The first kappa shape index (κ1) is 25.9. The molecule has 0 radical (unpaired) electrons. The number of furan rings is 1. The molecule has 5 rings (SSSR count). The molecule has 1 atom stereocenters. The number of carbonyl (C=O) groups is 2. The van der Waals surface area contributed by atoms with Gasteiger partial charge in [0.15, 0.2) is 11.5 Å². The SMILES string of the molecule is O=C(CN(CC1CCCO1)C(=O)Nc1ccc(F)c(Cl)c1)N(Cc1ccc2c(c1)OCO2)Cc1ccco1. The Morgan fingerprint density at radius 3 is 2.68 bits per heavy atom. The molecule has 9 nitrogen and oxygen atoms in total. The molecule has 1 unspecified atom stereocenters. The number of fused-ring (bicyclic) bond motifs is 1. The van der Waals surface area contributed by atoms with Gasteiger partial charge in [0.1, 0.15) is 18.1 Å². The molecule has 200 valence electrons. The van der Waals surface area contributed by atoms with Crippen molar-refractivity contribution in [1.29, 1.82) is 0 Å². The van der Waals surface area contributed by atoms with Crippen LogP contribution in [0.1, 0.15) is 24.2 Å². The Balaban J connectivity index is 1.33. The van der Waals surface area contributed by atoms with Gasteiger partial charge in [-0.1, -0.05) is 17.7 Å². The van der Waals surface area contributed by atoms with Crippen molar-refractivity contribution in [3.05, 3.63) is 77.0 Å². The fourth-order valence-corrected chi connectivity index (χ4v) is 4.56. The molecule has 1 saturated heterocycles. The van der Waals surface area contributed by atoms with Crippen LogP contribution in [0.3, 0.4) is 0 Å². The van der Waals surface area contributed by atoms with Gasteiger partial charge in [-0.2, -0.15) is 0 Å². The van der Waals surface area contributed by atoms with E-state index in [1.54, 1.807) is 29.4 Å². The Bertz CT molecular complexity index is 1280. The number of hydrogen-bond acceptors (Lipinski definition) is 6. The summed E-state index contributed by atoms with van der Waals surface area (Å²) in [5, 5.41) is 2.60. The van der Waals surface area contributed by atoms with E-state index in [9.17, 15) is 14.0 Å². The van der Waals surface area contributed by atoms with E-state index in [1.807, 2.05) is 12.1 Å². The Morgan fingerprint density at radius 2 is 1.92 bits per heavy atom. The van der Waals surface area contributed by atoms with Crippen molar-refractivity contribution in [2.45, 2.75) is 32.0 Å². The van der Waals surface area contributed by atoms with Crippen LogP contribution in [0, 0.1) is 5.82 Å². The van der Waals surface area contributed by atoms with Gasteiger partial charge in [0.2, 0.25) is 12.7 Å². The number of anilines is 1. The molecule has 3 heterocycles. The zero-order valence-electron chi connectivity index (χ0n) is 20.5. The van der Waals surface area contributed by atoms with Gasteiger partial charge in [-0.25, -0.2) is 9.18 Å². The molecule has 2 aliphatic heterocycles. The maximum Gasteiger partial charge on any atom is 0.322 e. The largest absolute Gasteiger partial charge is 0.467 e. The average Bonchev–Trinajstić information content (AvgIpc) is 3.68. The second kappa shape index (κ2) is 11.7. The number of nitrogens with zero attached hydrogens (tertiary/aromatic N) is 2. The van der Waals surface area contributed by atoms with E-state index >= 15 is 0 Å². The number of rotatable bonds is 9. The Morgan fingerprint density at radius 1 is 1.05 bits per heavy atom. The average molecular weight is 544 g/mol. The summed E-state index contributed by atoms with van der Waals surface area (Å²) in [6, 6.07) is 12.4. The number of nitrogens with one attached hydrogen (secondary N) is 1. The molecule has 0 aliphatic carbocycles. The third kappa shape index (κ3) is 6.38. The van der Waals surface area contributed by atoms with Crippen LogP contribution in [0.5, 0.6) is 11.5 Å². The van der Waals surface area contributed by atoms with E-state index in [1.165, 1.54) is 23.1 Å². The topological polar surface area (TPSA) is 93.5 Å². The minimum absolute atomic E-state index is 0.113. The molecule has 2 aliphatic rings. The van der Waals surface area contributed by atoms with Crippen molar-refractivity contribution in [1.82, 2.24) is 9.80 Å². The van der Waals surface area contributed by atoms with E-state index in [-0.39, 0.29) is 50.0 Å². The molecule has 0 spiro atoms. The summed E-state index contributed by atoms with van der Waals surface area (Å²) < 4.78 is 35.7. The molecule has 38 heavy (non-hydrogen) atoms. The highest BCUT2D eigenvalue weighted by molar-refractivity contribution is 6.31. The summed E-state index contributed by atoms with van der Waals surface area (Å²) >= 11 is 5.87.